The first-order valence-electron chi connectivity index (χ1n) is 6.55. The first-order chi connectivity index (χ1) is 9.54. The topological polar surface area (TPSA) is 78.4 Å². The zero-order valence-corrected chi connectivity index (χ0v) is 11.3. The molecule has 0 radical (unpaired) electrons. The predicted octanol–water partition coefficient (Wildman–Crippen LogP) is 1.82. The largest absolute Gasteiger partial charge is 0.481 e. The Bertz CT molecular complexity index is 522. The molecule has 0 bridgehead atoms. The molecule has 20 heavy (non-hydrogen) atoms. The Morgan fingerprint density at radius 3 is 2.55 bits per heavy atom. The molecule has 0 saturated heterocycles. The van der Waals surface area contributed by atoms with Crippen molar-refractivity contribution < 1.29 is 14.7 Å². The Balaban J connectivity index is 1.75. The number of carboxylic acids is 1. The Hall–Kier alpha value is -2.30. The third-order valence-electron chi connectivity index (χ3n) is 3.29. The van der Waals surface area contributed by atoms with Crippen LogP contribution in [-0.2, 0) is 11.3 Å². The number of carbonyl (C=O) groups excluding carboxylic acids is 1. The third-order valence-corrected chi connectivity index (χ3v) is 3.29. The lowest BCUT2D eigenvalue weighted by molar-refractivity contribution is -0.140. The fourth-order valence-electron chi connectivity index (χ4n) is 2.10. The van der Waals surface area contributed by atoms with E-state index < -0.39 is 11.9 Å². The fraction of sp³-hybridized carbons (Fsp3) is 0.333. The smallest absolute Gasteiger partial charge is 0.315 e. The normalized spacial score (nSPS) is 20.6. The molecule has 5 heteroatoms. The van der Waals surface area contributed by atoms with Crippen molar-refractivity contribution >= 4 is 12.0 Å². The Morgan fingerprint density at radius 2 is 1.95 bits per heavy atom. The van der Waals surface area contributed by atoms with E-state index >= 15 is 0 Å². The van der Waals surface area contributed by atoms with Crippen molar-refractivity contribution in [1.29, 1.82) is 0 Å². The average molecular weight is 274 g/mol. The monoisotopic (exact) mass is 274 g/mol. The maximum absolute atomic E-state index is 11.7. The number of nitrogens with one attached hydrogen (secondary N) is 2. The molecule has 3 N–H and O–H groups in total. The molecule has 106 valence electrons. The second-order valence-corrected chi connectivity index (χ2v) is 4.98. The van der Waals surface area contributed by atoms with Gasteiger partial charge in [0.2, 0.25) is 0 Å². The molecule has 0 spiro atoms. The number of urea groups is 1. The summed E-state index contributed by atoms with van der Waals surface area (Å²) in [5.41, 5.74) is 2.20. The summed E-state index contributed by atoms with van der Waals surface area (Å²) >= 11 is 0. The van der Waals surface area contributed by atoms with Crippen LogP contribution in [0, 0.1) is 12.8 Å². The van der Waals surface area contributed by atoms with Crippen LogP contribution in [0.4, 0.5) is 4.79 Å². The molecule has 1 aromatic carbocycles. The zero-order valence-electron chi connectivity index (χ0n) is 11.3. The summed E-state index contributed by atoms with van der Waals surface area (Å²) in [6.07, 6.45) is 3.75. The number of aliphatic carboxylic acids is 1. The highest BCUT2D eigenvalue weighted by Gasteiger charge is 2.25. The maximum atomic E-state index is 11.7. The second kappa shape index (κ2) is 6.23. The van der Waals surface area contributed by atoms with Gasteiger partial charge in [0.05, 0.1) is 12.0 Å². The molecular formula is C15H18N2O3. The van der Waals surface area contributed by atoms with E-state index in [1.807, 2.05) is 31.2 Å². The minimum atomic E-state index is -0.856. The van der Waals surface area contributed by atoms with Gasteiger partial charge < -0.3 is 15.7 Å². The van der Waals surface area contributed by atoms with Crippen molar-refractivity contribution in [1.82, 2.24) is 10.6 Å². The predicted molar refractivity (Wildman–Crippen MR) is 75.2 cm³/mol. The van der Waals surface area contributed by atoms with Gasteiger partial charge in [-0.1, -0.05) is 42.0 Å². The van der Waals surface area contributed by atoms with Gasteiger partial charge in [-0.3, -0.25) is 4.79 Å². The van der Waals surface area contributed by atoms with Gasteiger partial charge in [0.25, 0.3) is 0 Å². The molecule has 2 rings (SSSR count). The maximum Gasteiger partial charge on any atom is 0.315 e. The lowest BCUT2D eigenvalue weighted by Crippen LogP contribution is -2.40. The van der Waals surface area contributed by atoms with Gasteiger partial charge in [-0.25, -0.2) is 4.79 Å². The number of amides is 2. The van der Waals surface area contributed by atoms with Gasteiger partial charge >= 0.3 is 12.0 Å². The van der Waals surface area contributed by atoms with Crippen molar-refractivity contribution in [2.45, 2.75) is 25.9 Å². The van der Waals surface area contributed by atoms with Gasteiger partial charge in [0.15, 0.2) is 0 Å². The van der Waals surface area contributed by atoms with E-state index in [9.17, 15) is 9.59 Å². The van der Waals surface area contributed by atoms with E-state index in [1.54, 1.807) is 12.2 Å². The van der Waals surface area contributed by atoms with E-state index in [4.69, 9.17) is 5.11 Å². The van der Waals surface area contributed by atoms with Gasteiger partial charge in [0.1, 0.15) is 0 Å². The lowest BCUT2D eigenvalue weighted by atomic mass is 10.1. The Labute approximate surface area is 117 Å². The van der Waals surface area contributed by atoms with Crippen LogP contribution in [0.2, 0.25) is 0 Å². The molecule has 0 heterocycles. The number of rotatable bonds is 4. The van der Waals surface area contributed by atoms with Crippen LogP contribution in [0.1, 0.15) is 17.5 Å². The van der Waals surface area contributed by atoms with E-state index in [-0.39, 0.29) is 12.1 Å². The van der Waals surface area contributed by atoms with Gasteiger partial charge in [0, 0.05) is 6.54 Å². The highest BCUT2D eigenvalue weighted by molar-refractivity contribution is 5.76. The third kappa shape index (κ3) is 3.85. The molecule has 2 amide bonds. The Morgan fingerprint density at radius 1 is 1.25 bits per heavy atom. The summed E-state index contributed by atoms with van der Waals surface area (Å²) in [5, 5.41) is 14.4. The molecule has 0 aromatic heterocycles. The van der Waals surface area contributed by atoms with Crippen LogP contribution in [0.5, 0.6) is 0 Å². The first-order valence-corrected chi connectivity index (χ1v) is 6.55. The quantitative estimate of drug-likeness (QED) is 0.733. The van der Waals surface area contributed by atoms with Crippen molar-refractivity contribution in [3.8, 4) is 0 Å². The summed E-state index contributed by atoms with van der Waals surface area (Å²) in [4.78, 5) is 22.5. The van der Waals surface area contributed by atoms with Crippen molar-refractivity contribution in [2.75, 3.05) is 0 Å². The number of carbonyl (C=O) groups is 2. The highest BCUT2D eigenvalue weighted by atomic mass is 16.4. The van der Waals surface area contributed by atoms with Crippen LogP contribution in [-0.4, -0.2) is 23.1 Å². The Kier molecular flexibility index (Phi) is 4.40. The van der Waals surface area contributed by atoms with Crippen LogP contribution in [0.15, 0.2) is 36.4 Å². The van der Waals surface area contributed by atoms with Crippen LogP contribution < -0.4 is 10.6 Å². The molecule has 1 aliphatic rings. The zero-order chi connectivity index (χ0) is 14.5. The number of aryl methyl sites for hydroxylation is 1. The summed E-state index contributed by atoms with van der Waals surface area (Å²) in [5.74, 6) is -1.36. The van der Waals surface area contributed by atoms with E-state index in [0.29, 0.717) is 13.0 Å². The minimum absolute atomic E-state index is 0.214. The van der Waals surface area contributed by atoms with Gasteiger partial charge in [-0.15, -0.1) is 0 Å². The van der Waals surface area contributed by atoms with E-state index in [1.165, 1.54) is 5.56 Å². The SMILES string of the molecule is Cc1ccc(CNC(=O)NC2C=CC(C(=O)O)C2)cc1. The van der Waals surface area contributed by atoms with Gasteiger partial charge in [-0.2, -0.15) is 0 Å². The number of hydrogen-bond donors (Lipinski definition) is 3. The molecule has 1 aliphatic carbocycles. The molecule has 0 fully saturated rings. The molecule has 0 saturated carbocycles. The lowest BCUT2D eigenvalue weighted by Gasteiger charge is -2.13. The van der Waals surface area contributed by atoms with Crippen LogP contribution in [0.3, 0.4) is 0 Å². The number of benzene rings is 1. The minimum Gasteiger partial charge on any atom is -0.481 e. The highest BCUT2D eigenvalue weighted by Crippen LogP contribution is 2.17. The van der Waals surface area contributed by atoms with Crippen molar-refractivity contribution in [3.05, 3.63) is 47.5 Å². The number of hydrogen-bond acceptors (Lipinski definition) is 2. The molecule has 1 aromatic rings. The average Bonchev–Trinajstić information content (AvgIpc) is 2.87. The summed E-state index contributed by atoms with van der Waals surface area (Å²) in [6.45, 7) is 2.46. The van der Waals surface area contributed by atoms with Crippen LogP contribution >= 0.6 is 0 Å². The molecule has 2 unspecified atom stereocenters. The molecule has 0 aliphatic heterocycles. The summed E-state index contributed by atoms with van der Waals surface area (Å²) in [7, 11) is 0. The summed E-state index contributed by atoms with van der Waals surface area (Å²) < 4.78 is 0. The van der Waals surface area contributed by atoms with Gasteiger partial charge in [-0.05, 0) is 18.9 Å². The van der Waals surface area contributed by atoms with Crippen molar-refractivity contribution in [3.63, 3.8) is 0 Å². The fourth-order valence-corrected chi connectivity index (χ4v) is 2.10. The van der Waals surface area contributed by atoms with E-state index in [2.05, 4.69) is 10.6 Å². The summed E-state index contributed by atoms with van der Waals surface area (Å²) in [6, 6.07) is 7.41. The van der Waals surface area contributed by atoms with Crippen LogP contribution in [0.25, 0.3) is 0 Å². The second-order valence-electron chi connectivity index (χ2n) is 4.98. The van der Waals surface area contributed by atoms with E-state index in [0.717, 1.165) is 5.56 Å². The molecule has 5 nitrogen and oxygen atoms in total. The molecule has 2 atom stereocenters. The first kappa shape index (κ1) is 14.1. The standard InChI is InChI=1S/C15H18N2O3/c1-10-2-4-11(5-3-10)9-16-15(20)17-13-7-6-12(8-13)14(18)19/h2-7,12-13H,8-9H2,1H3,(H,18,19)(H2,16,17,20). The van der Waals surface area contributed by atoms with Crippen molar-refractivity contribution in [2.24, 2.45) is 5.92 Å². The number of carboxylic acid groups (broad SMARTS) is 1. The molecular weight excluding hydrogens is 256 g/mol.